The second kappa shape index (κ2) is 8.25. The van der Waals surface area contributed by atoms with E-state index in [1.807, 2.05) is 6.07 Å². The standard InChI is InChI=1S/C16H23N3O4S/c1-24(22,23)19-12-10-18(11-13-19)15(20)8-5-9-17-16(21)14-6-3-2-4-7-14/h2-4,6-7H,5,8-13H2,1H3,(H,17,21). The molecule has 0 spiro atoms. The van der Waals surface area contributed by atoms with Crippen LogP contribution in [0.1, 0.15) is 23.2 Å². The number of benzene rings is 1. The Morgan fingerprint density at radius 3 is 2.29 bits per heavy atom. The first-order valence-electron chi connectivity index (χ1n) is 7.94. The lowest BCUT2D eigenvalue weighted by molar-refractivity contribution is -0.132. The number of hydrogen-bond donors (Lipinski definition) is 1. The van der Waals surface area contributed by atoms with E-state index in [4.69, 9.17) is 0 Å². The molecule has 1 aromatic rings. The van der Waals surface area contributed by atoms with Gasteiger partial charge in [0.15, 0.2) is 0 Å². The van der Waals surface area contributed by atoms with Gasteiger partial charge in [-0.05, 0) is 18.6 Å². The molecule has 1 heterocycles. The Morgan fingerprint density at radius 2 is 1.71 bits per heavy atom. The monoisotopic (exact) mass is 353 g/mol. The molecule has 0 atom stereocenters. The maximum atomic E-state index is 12.1. The number of rotatable bonds is 6. The number of amides is 2. The zero-order valence-electron chi connectivity index (χ0n) is 13.8. The van der Waals surface area contributed by atoms with E-state index in [9.17, 15) is 18.0 Å². The topological polar surface area (TPSA) is 86.8 Å². The summed E-state index contributed by atoms with van der Waals surface area (Å²) in [4.78, 5) is 25.6. The van der Waals surface area contributed by atoms with Crippen molar-refractivity contribution >= 4 is 21.8 Å². The first-order chi connectivity index (χ1) is 11.4. The summed E-state index contributed by atoms with van der Waals surface area (Å²) in [5, 5.41) is 2.79. The van der Waals surface area contributed by atoms with Crippen molar-refractivity contribution in [3.05, 3.63) is 35.9 Å². The lowest BCUT2D eigenvalue weighted by Gasteiger charge is -2.33. The fraction of sp³-hybridized carbons (Fsp3) is 0.500. The van der Waals surface area contributed by atoms with Gasteiger partial charge in [0.05, 0.1) is 6.26 Å². The minimum absolute atomic E-state index is 0.00267. The van der Waals surface area contributed by atoms with Crippen molar-refractivity contribution in [2.24, 2.45) is 0 Å². The fourth-order valence-corrected chi connectivity index (χ4v) is 3.39. The number of carbonyl (C=O) groups excluding carboxylic acids is 2. The minimum Gasteiger partial charge on any atom is -0.352 e. The van der Waals surface area contributed by atoms with Crippen LogP contribution >= 0.6 is 0 Å². The van der Waals surface area contributed by atoms with Crippen LogP contribution in [-0.4, -0.2) is 68.4 Å². The summed E-state index contributed by atoms with van der Waals surface area (Å²) < 4.78 is 24.3. The summed E-state index contributed by atoms with van der Waals surface area (Å²) in [7, 11) is -3.18. The second-order valence-corrected chi connectivity index (χ2v) is 7.75. The third kappa shape index (κ3) is 5.31. The highest BCUT2D eigenvalue weighted by molar-refractivity contribution is 7.88. The van der Waals surface area contributed by atoms with E-state index in [1.54, 1.807) is 29.2 Å². The highest BCUT2D eigenvalue weighted by atomic mass is 32.2. The van der Waals surface area contributed by atoms with E-state index in [0.29, 0.717) is 51.1 Å². The lowest BCUT2D eigenvalue weighted by Crippen LogP contribution is -2.50. The van der Waals surface area contributed by atoms with E-state index >= 15 is 0 Å². The second-order valence-electron chi connectivity index (χ2n) is 5.77. The largest absolute Gasteiger partial charge is 0.352 e. The Bertz CT molecular complexity index is 668. The van der Waals surface area contributed by atoms with E-state index in [1.165, 1.54) is 10.6 Å². The van der Waals surface area contributed by atoms with Crippen molar-refractivity contribution in [3.8, 4) is 0 Å². The van der Waals surface area contributed by atoms with Crippen LogP contribution < -0.4 is 5.32 Å². The van der Waals surface area contributed by atoms with Gasteiger partial charge in [0, 0.05) is 44.7 Å². The van der Waals surface area contributed by atoms with Gasteiger partial charge in [-0.25, -0.2) is 8.42 Å². The smallest absolute Gasteiger partial charge is 0.251 e. The van der Waals surface area contributed by atoms with Gasteiger partial charge in [0.25, 0.3) is 5.91 Å². The van der Waals surface area contributed by atoms with Crippen LogP contribution in [0.4, 0.5) is 0 Å². The zero-order valence-corrected chi connectivity index (χ0v) is 14.6. The van der Waals surface area contributed by atoms with Crippen LogP contribution in [-0.2, 0) is 14.8 Å². The molecule has 0 bridgehead atoms. The van der Waals surface area contributed by atoms with Crippen LogP contribution in [0.3, 0.4) is 0 Å². The average Bonchev–Trinajstić information content (AvgIpc) is 2.58. The third-order valence-corrected chi connectivity index (χ3v) is 5.25. The number of nitrogens with one attached hydrogen (secondary N) is 1. The SMILES string of the molecule is CS(=O)(=O)N1CCN(C(=O)CCCNC(=O)c2ccccc2)CC1. The van der Waals surface area contributed by atoms with Crippen LogP contribution in [0.5, 0.6) is 0 Å². The molecular formula is C16H23N3O4S. The molecule has 0 aromatic heterocycles. The molecule has 1 aliphatic heterocycles. The van der Waals surface area contributed by atoms with Crippen LogP contribution in [0.15, 0.2) is 30.3 Å². The van der Waals surface area contributed by atoms with E-state index < -0.39 is 10.0 Å². The highest BCUT2D eigenvalue weighted by Crippen LogP contribution is 2.08. The molecule has 0 aliphatic carbocycles. The molecule has 1 fully saturated rings. The van der Waals surface area contributed by atoms with Gasteiger partial charge in [-0.15, -0.1) is 0 Å². The van der Waals surface area contributed by atoms with Gasteiger partial charge < -0.3 is 10.2 Å². The first-order valence-corrected chi connectivity index (χ1v) is 9.79. The van der Waals surface area contributed by atoms with Gasteiger partial charge in [0.1, 0.15) is 0 Å². The Kier molecular flexibility index (Phi) is 6.33. The maximum Gasteiger partial charge on any atom is 0.251 e. The molecule has 132 valence electrons. The number of hydrogen-bond acceptors (Lipinski definition) is 4. The molecule has 0 unspecified atom stereocenters. The quantitative estimate of drug-likeness (QED) is 0.745. The molecule has 1 N–H and O–H groups in total. The molecule has 7 nitrogen and oxygen atoms in total. The van der Waals surface area contributed by atoms with Gasteiger partial charge >= 0.3 is 0 Å². The van der Waals surface area contributed by atoms with Crippen LogP contribution in [0.25, 0.3) is 0 Å². The van der Waals surface area contributed by atoms with Crippen LogP contribution in [0, 0.1) is 0 Å². The molecule has 8 heteroatoms. The summed E-state index contributed by atoms with van der Waals surface area (Å²) in [5.41, 5.74) is 0.598. The molecule has 24 heavy (non-hydrogen) atoms. The van der Waals surface area contributed by atoms with E-state index in [2.05, 4.69) is 5.32 Å². The summed E-state index contributed by atoms with van der Waals surface area (Å²) in [5.74, 6) is -0.151. The minimum atomic E-state index is -3.18. The van der Waals surface area contributed by atoms with Crippen molar-refractivity contribution in [1.29, 1.82) is 0 Å². The molecule has 1 aromatic carbocycles. The van der Waals surface area contributed by atoms with Gasteiger partial charge in [-0.3, -0.25) is 9.59 Å². The predicted molar refractivity (Wildman–Crippen MR) is 91.0 cm³/mol. The van der Waals surface area contributed by atoms with Crippen molar-refractivity contribution < 1.29 is 18.0 Å². The molecule has 0 saturated carbocycles. The number of carbonyl (C=O) groups is 2. The van der Waals surface area contributed by atoms with E-state index in [0.717, 1.165) is 0 Å². The highest BCUT2D eigenvalue weighted by Gasteiger charge is 2.25. The average molecular weight is 353 g/mol. The Hall–Kier alpha value is -1.93. The van der Waals surface area contributed by atoms with Crippen LogP contribution in [0.2, 0.25) is 0 Å². The normalized spacial score (nSPS) is 16.0. The summed E-state index contributed by atoms with van der Waals surface area (Å²) >= 11 is 0. The van der Waals surface area contributed by atoms with Gasteiger partial charge in [0.2, 0.25) is 15.9 Å². The number of sulfonamides is 1. The number of nitrogens with zero attached hydrogens (tertiary/aromatic N) is 2. The molecule has 2 rings (SSSR count). The van der Waals surface area contributed by atoms with Gasteiger partial charge in [-0.2, -0.15) is 4.31 Å². The molecule has 0 radical (unpaired) electrons. The van der Waals surface area contributed by atoms with Crippen molar-refractivity contribution in [1.82, 2.24) is 14.5 Å². The maximum absolute atomic E-state index is 12.1. The Morgan fingerprint density at radius 1 is 1.08 bits per heavy atom. The molecule has 2 amide bonds. The zero-order chi connectivity index (χ0) is 17.6. The number of piperazine rings is 1. The van der Waals surface area contributed by atoms with Crippen molar-refractivity contribution in [3.63, 3.8) is 0 Å². The molecular weight excluding hydrogens is 330 g/mol. The van der Waals surface area contributed by atoms with Gasteiger partial charge in [-0.1, -0.05) is 18.2 Å². The Labute approximate surface area is 142 Å². The predicted octanol–water partition coefficient (Wildman–Crippen LogP) is 0.300. The summed E-state index contributed by atoms with van der Waals surface area (Å²) in [6.07, 6.45) is 2.08. The fourth-order valence-electron chi connectivity index (χ4n) is 2.56. The Balaban J connectivity index is 1.66. The summed E-state index contributed by atoms with van der Waals surface area (Å²) in [6, 6.07) is 8.92. The lowest BCUT2D eigenvalue weighted by atomic mass is 10.2. The first kappa shape index (κ1) is 18.4. The molecule has 1 saturated heterocycles. The van der Waals surface area contributed by atoms with Crippen molar-refractivity contribution in [2.45, 2.75) is 12.8 Å². The van der Waals surface area contributed by atoms with Crippen molar-refractivity contribution in [2.75, 3.05) is 39.0 Å². The summed E-state index contributed by atoms with van der Waals surface area (Å²) in [6.45, 7) is 1.96. The van der Waals surface area contributed by atoms with E-state index in [-0.39, 0.29) is 11.8 Å². The third-order valence-electron chi connectivity index (χ3n) is 3.95. The molecule has 1 aliphatic rings.